The van der Waals surface area contributed by atoms with Crippen LogP contribution in [0.2, 0.25) is 0 Å². The van der Waals surface area contributed by atoms with Crippen molar-refractivity contribution in [1.82, 2.24) is 5.32 Å². The van der Waals surface area contributed by atoms with E-state index in [4.69, 9.17) is 0 Å². The third-order valence-corrected chi connectivity index (χ3v) is 3.78. The maximum Gasteiger partial charge on any atom is 0.313 e. The van der Waals surface area contributed by atoms with Gasteiger partial charge in [-0.25, -0.2) is 4.39 Å². The number of anilines is 3. The molecule has 0 aromatic heterocycles. The number of para-hydroxylation sites is 1. The Labute approximate surface area is 156 Å². The first-order chi connectivity index (χ1) is 13.1. The van der Waals surface area contributed by atoms with Gasteiger partial charge in [0.1, 0.15) is 5.82 Å². The zero-order chi connectivity index (χ0) is 19.1. The fourth-order valence-corrected chi connectivity index (χ4v) is 2.38. The highest BCUT2D eigenvalue weighted by Gasteiger charge is 2.13. The van der Waals surface area contributed by atoms with Gasteiger partial charge in [-0.05, 0) is 54.1 Å². The van der Waals surface area contributed by atoms with Crippen LogP contribution in [0, 0.1) is 5.82 Å². The van der Waals surface area contributed by atoms with Crippen LogP contribution >= 0.6 is 0 Å². The van der Waals surface area contributed by atoms with Crippen LogP contribution in [0.1, 0.15) is 5.56 Å². The predicted octanol–water partition coefficient (Wildman–Crippen LogP) is 3.82. The number of amides is 2. The third kappa shape index (κ3) is 5.40. The van der Waals surface area contributed by atoms with E-state index in [1.807, 2.05) is 30.3 Å². The minimum Gasteiger partial charge on any atom is -0.356 e. The molecule has 0 heterocycles. The molecule has 3 N–H and O–H groups in total. The van der Waals surface area contributed by atoms with Gasteiger partial charge in [-0.15, -0.1) is 0 Å². The molecule has 27 heavy (non-hydrogen) atoms. The molecule has 3 aromatic carbocycles. The fraction of sp³-hybridized carbons (Fsp3) is 0.0476. The summed E-state index contributed by atoms with van der Waals surface area (Å²) in [6.07, 6.45) is 0. The smallest absolute Gasteiger partial charge is 0.313 e. The molecule has 0 spiro atoms. The van der Waals surface area contributed by atoms with Crippen LogP contribution < -0.4 is 16.0 Å². The first-order valence-electron chi connectivity index (χ1n) is 8.36. The number of carbonyl (C=O) groups excluding carboxylic acids is 2. The SMILES string of the molecule is O=C(NCc1ccc(F)cc1)C(=O)Nc1ccc(Nc2ccccc2)cc1. The number of carbonyl (C=O) groups is 2. The zero-order valence-electron chi connectivity index (χ0n) is 14.4. The van der Waals surface area contributed by atoms with Crippen molar-refractivity contribution in [1.29, 1.82) is 0 Å². The van der Waals surface area contributed by atoms with Gasteiger partial charge in [0.15, 0.2) is 0 Å². The van der Waals surface area contributed by atoms with E-state index in [9.17, 15) is 14.0 Å². The summed E-state index contributed by atoms with van der Waals surface area (Å²) >= 11 is 0. The molecule has 6 heteroatoms. The topological polar surface area (TPSA) is 70.2 Å². The monoisotopic (exact) mass is 363 g/mol. The van der Waals surface area contributed by atoms with E-state index in [0.29, 0.717) is 11.3 Å². The van der Waals surface area contributed by atoms with Crippen molar-refractivity contribution in [3.05, 3.63) is 90.2 Å². The molecule has 0 bridgehead atoms. The standard InChI is InChI=1S/C21H18FN3O2/c22-16-8-6-15(7-9-16)14-23-20(26)21(27)25-19-12-10-18(11-13-19)24-17-4-2-1-3-5-17/h1-13,24H,14H2,(H,23,26)(H,25,27). The molecule has 5 nitrogen and oxygen atoms in total. The van der Waals surface area contributed by atoms with Crippen molar-refractivity contribution < 1.29 is 14.0 Å². The van der Waals surface area contributed by atoms with E-state index in [1.165, 1.54) is 12.1 Å². The third-order valence-electron chi connectivity index (χ3n) is 3.78. The minimum absolute atomic E-state index is 0.145. The van der Waals surface area contributed by atoms with Crippen molar-refractivity contribution in [2.24, 2.45) is 0 Å². The molecule has 2 amide bonds. The van der Waals surface area contributed by atoms with Gasteiger partial charge in [-0.1, -0.05) is 30.3 Å². The summed E-state index contributed by atoms with van der Waals surface area (Å²) in [4.78, 5) is 23.9. The fourth-order valence-electron chi connectivity index (χ4n) is 2.38. The predicted molar refractivity (Wildman–Crippen MR) is 103 cm³/mol. The summed E-state index contributed by atoms with van der Waals surface area (Å²) in [5.41, 5.74) is 3.03. The van der Waals surface area contributed by atoms with Crippen LogP contribution in [0.5, 0.6) is 0 Å². The van der Waals surface area contributed by atoms with Crippen molar-refractivity contribution >= 4 is 28.9 Å². The molecule has 0 unspecified atom stereocenters. The molecule has 0 aliphatic heterocycles. The van der Waals surface area contributed by atoms with Crippen LogP contribution in [0.4, 0.5) is 21.5 Å². The largest absolute Gasteiger partial charge is 0.356 e. The molecule has 0 saturated carbocycles. The lowest BCUT2D eigenvalue weighted by Crippen LogP contribution is -2.34. The molecule has 0 aliphatic rings. The Morgan fingerprint density at radius 2 is 1.30 bits per heavy atom. The zero-order valence-corrected chi connectivity index (χ0v) is 14.4. The summed E-state index contributed by atoms with van der Waals surface area (Å²) in [7, 11) is 0. The number of hydrogen-bond donors (Lipinski definition) is 3. The molecule has 0 aliphatic carbocycles. The Hall–Kier alpha value is -3.67. The van der Waals surface area contributed by atoms with Crippen LogP contribution in [0.3, 0.4) is 0 Å². The first kappa shape index (κ1) is 18.1. The first-order valence-corrected chi connectivity index (χ1v) is 8.36. The van der Waals surface area contributed by atoms with Crippen LogP contribution in [-0.4, -0.2) is 11.8 Å². The summed E-state index contributed by atoms with van der Waals surface area (Å²) in [5, 5.41) is 8.27. The van der Waals surface area contributed by atoms with Gasteiger partial charge in [0, 0.05) is 23.6 Å². The highest BCUT2D eigenvalue weighted by molar-refractivity contribution is 6.39. The number of hydrogen-bond acceptors (Lipinski definition) is 3. The van der Waals surface area contributed by atoms with Gasteiger partial charge in [-0.2, -0.15) is 0 Å². The van der Waals surface area contributed by atoms with Crippen molar-refractivity contribution in [3.8, 4) is 0 Å². The number of benzene rings is 3. The van der Waals surface area contributed by atoms with E-state index in [0.717, 1.165) is 11.4 Å². The summed E-state index contributed by atoms with van der Waals surface area (Å²) < 4.78 is 12.9. The average molecular weight is 363 g/mol. The van der Waals surface area contributed by atoms with Gasteiger partial charge >= 0.3 is 11.8 Å². The Kier molecular flexibility index (Phi) is 5.79. The Morgan fingerprint density at radius 1 is 0.704 bits per heavy atom. The van der Waals surface area contributed by atoms with E-state index < -0.39 is 11.8 Å². The van der Waals surface area contributed by atoms with Crippen molar-refractivity contribution in [2.45, 2.75) is 6.54 Å². The maximum absolute atomic E-state index is 12.9. The van der Waals surface area contributed by atoms with Gasteiger partial charge in [0.2, 0.25) is 0 Å². The van der Waals surface area contributed by atoms with Gasteiger partial charge in [0.05, 0.1) is 0 Å². The van der Waals surface area contributed by atoms with Gasteiger partial charge in [0.25, 0.3) is 0 Å². The second-order valence-electron chi connectivity index (χ2n) is 5.83. The molecule has 0 fully saturated rings. The molecule has 0 atom stereocenters. The summed E-state index contributed by atoms with van der Waals surface area (Å²) in [6.45, 7) is 0.145. The molecule has 0 radical (unpaired) electrons. The molecular formula is C21H18FN3O2. The summed E-state index contributed by atoms with van der Waals surface area (Å²) in [5.74, 6) is -1.88. The molecule has 3 aromatic rings. The second-order valence-corrected chi connectivity index (χ2v) is 5.83. The molecule has 3 rings (SSSR count). The van der Waals surface area contributed by atoms with E-state index in [1.54, 1.807) is 36.4 Å². The highest BCUT2D eigenvalue weighted by atomic mass is 19.1. The average Bonchev–Trinajstić information content (AvgIpc) is 2.69. The van der Waals surface area contributed by atoms with Crippen LogP contribution in [0.25, 0.3) is 0 Å². The van der Waals surface area contributed by atoms with Crippen molar-refractivity contribution in [3.63, 3.8) is 0 Å². The number of nitrogens with one attached hydrogen (secondary N) is 3. The number of halogens is 1. The minimum atomic E-state index is -0.763. The van der Waals surface area contributed by atoms with Crippen LogP contribution in [-0.2, 0) is 16.1 Å². The van der Waals surface area contributed by atoms with E-state index in [2.05, 4.69) is 16.0 Å². The lowest BCUT2D eigenvalue weighted by Gasteiger charge is -2.09. The second kappa shape index (κ2) is 8.62. The van der Waals surface area contributed by atoms with Crippen molar-refractivity contribution in [2.75, 3.05) is 10.6 Å². The Bertz CT molecular complexity index is 910. The number of rotatable bonds is 5. The molecular weight excluding hydrogens is 345 g/mol. The Balaban J connectivity index is 1.51. The lowest BCUT2D eigenvalue weighted by molar-refractivity contribution is -0.136. The molecule has 136 valence electrons. The Morgan fingerprint density at radius 3 is 1.96 bits per heavy atom. The van der Waals surface area contributed by atoms with Gasteiger partial charge in [-0.3, -0.25) is 9.59 Å². The highest BCUT2D eigenvalue weighted by Crippen LogP contribution is 2.18. The lowest BCUT2D eigenvalue weighted by atomic mass is 10.2. The normalized spacial score (nSPS) is 10.1. The maximum atomic E-state index is 12.9. The van der Waals surface area contributed by atoms with E-state index in [-0.39, 0.29) is 12.4 Å². The quantitative estimate of drug-likeness (QED) is 0.604. The van der Waals surface area contributed by atoms with Crippen LogP contribution in [0.15, 0.2) is 78.9 Å². The molecule has 0 saturated heterocycles. The summed E-state index contributed by atoms with van der Waals surface area (Å²) in [6, 6.07) is 22.4. The van der Waals surface area contributed by atoms with Gasteiger partial charge < -0.3 is 16.0 Å². The van der Waals surface area contributed by atoms with E-state index >= 15 is 0 Å².